The summed E-state index contributed by atoms with van der Waals surface area (Å²) in [5.41, 5.74) is -0.0370. The van der Waals surface area contributed by atoms with Crippen molar-refractivity contribution in [2.24, 2.45) is 5.92 Å². The SMILES string of the molecule is CC(C)C(C)N(C)c1ccc(C(=O)O)c([N+](=O)[O-])c1. The van der Waals surface area contributed by atoms with Crippen LogP contribution in [0.25, 0.3) is 0 Å². The van der Waals surface area contributed by atoms with Gasteiger partial charge in [0.2, 0.25) is 0 Å². The highest BCUT2D eigenvalue weighted by molar-refractivity contribution is 5.93. The maximum atomic E-state index is 10.9. The van der Waals surface area contributed by atoms with Crippen LogP contribution in [-0.4, -0.2) is 29.1 Å². The van der Waals surface area contributed by atoms with Crippen LogP contribution < -0.4 is 4.90 Å². The van der Waals surface area contributed by atoms with Gasteiger partial charge in [-0.25, -0.2) is 4.79 Å². The molecule has 0 aliphatic rings. The van der Waals surface area contributed by atoms with Crippen LogP contribution in [-0.2, 0) is 0 Å². The molecule has 1 unspecified atom stereocenters. The molecule has 0 spiro atoms. The normalized spacial score (nSPS) is 12.3. The summed E-state index contributed by atoms with van der Waals surface area (Å²) in [5.74, 6) is -0.916. The van der Waals surface area contributed by atoms with E-state index in [9.17, 15) is 14.9 Å². The van der Waals surface area contributed by atoms with E-state index in [4.69, 9.17) is 5.11 Å². The van der Waals surface area contributed by atoms with Crippen LogP contribution >= 0.6 is 0 Å². The summed E-state index contributed by atoms with van der Waals surface area (Å²) in [6, 6.07) is 4.37. The molecule has 0 saturated carbocycles. The molecule has 1 atom stereocenters. The first-order valence-electron chi connectivity index (χ1n) is 6.00. The van der Waals surface area contributed by atoms with Crippen LogP contribution in [0, 0.1) is 16.0 Å². The first kappa shape index (κ1) is 14.9. The molecular formula is C13H18N2O4. The molecule has 104 valence electrons. The van der Waals surface area contributed by atoms with Gasteiger partial charge in [0.05, 0.1) is 4.92 Å². The third-order valence-corrected chi connectivity index (χ3v) is 3.39. The van der Waals surface area contributed by atoms with Crippen LogP contribution in [0.2, 0.25) is 0 Å². The fraction of sp³-hybridized carbons (Fsp3) is 0.462. The Labute approximate surface area is 111 Å². The molecule has 0 aliphatic heterocycles. The third kappa shape index (κ3) is 3.21. The zero-order chi connectivity index (χ0) is 14.7. The van der Waals surface area contributed by atoms with Crippen molar-refractivity contribution in [2.75, 3.05) is 11.9 Å². The minimum atomic E-state index is -1.29. The Morgan fingerprint density at radius 2 is 1.95 bits per heavy atom. The second-order valence-corrected chi connectivity index (χ2v) is 4.86. The lowest BCUT2D eigenvalue weighted by Crippen LogP contribution is -2.33. The van der Waals surface area contributed by atoms with Crippen LogP contribution in [0.3, 0.4) is 0 Å². The largest absolute Gasteiger partial charge is 0.477 e. The van der Waals surface area contributed by atoms with Crippen molar-refractivity contribution in [3.05, 3.63) is 33.9 Å². The molecule has 1 rings (SSSR count). The summed E-state index contributed by atoms with van der Waals surface area (Å²) in [6.45, 7) is 6.13. The number of hydrogen-bond acceptors (Lipinski definition) is 4. The van der Waals surface area contributed by atoms with Crippen LogP contribution in [0.4, 0.5) is 11.4 Å². The van der Waals surface area contributed by atoms with Gasteiger partial charge in [-0.3, -0.25) is 10.1 Å². The van der Waals surface area contributed by atoms with Gasteiger partial charge in [0.15, 0.2) is 0 Å². The van der Waals surface area contributed by atoms with Gasteiger partial charge >= 0.3 is 5.97 Å². The summed E-state index contributed by atoms with van der Waals surface area (Å²) < 4.78 is 0. The number of carboxylic acid groups (broad SMARTS) is 1. The number of nitrogens with zero attached hydrogens (tertiary/aromatic N) is 2. The Hall–Kier alpha value is -2.11. The van der Waals surface area contributed by atoms with E-state index >= 15 is 0 Å². The Kier molecular flexibility index (Phi) is 4.47. The molecule has 0 heterocycles. The number of hydrogen-bond donors (Lipinski definition) is 1. The van der Waals surface area contributed by atoms with Crippen molar-refractivity contribution in [1.82, 2.24) is 0 Å². The van der Waals surface area contributed by atoms with Crippen molar-refractivity contribution in [2.45, 2.75) is 26.8 Å². The molecule has 1 aromatic carbocycles. The quantitative estimate of drug-likeness (QED) is 0.654. The maximum absolute atomic E-state index is 10.9. The summed E-state index contributed by atoms with van der Waals surface area (Å²) >= 11 is 0. The van der Waals surface area contributed by atoms with Gasteiger partial charge < -0.3 is 10.0 Å². The Morgan fingerprint density at radius 3 is 2.37 bits per heavy atom. The van der Waals surface area contributed by atoms with E-state index in [1.807, 2.05) is 18.9 Å². The second kappa shape index (κ2) is 5.69. The molecule has 0 aromatic heterocycles. The topological polar surface area (TPSA) is 83.7 Å². The molecule has 0 bridgehead atoms. The summed E-state index contributed by atoms with van der Waals surface area (Å²) in [6.07, 6.45) is 0. The number of nitro benzene ring substituents is 1. The predicted octanol–water partition coefficient (Wildman–Crippen LogP) is 2.77. The van der Waals surface area contributed by atoms with Gasteiger partial charge in [-0.05, 0) is 25.0 Å². The first-order chi connectivity index (χ1) is 8.75. The van der Waals surface area contributed by atoms with Gasteiger partial charge in [-0.15, -0.1) is 0 Å². The summed E-state index contributed by atoms with van der Waals surface area (Å²) in [5, 5.41) is 19.9. The minimum absolute atomic E-state index is 0.190. The van der Waals surface area contributed by atoms with E-state index < -0.39 is 10.9 Å². The highest BCUT2D eigenvalue weighted by Crippen LogP contribution is 2.27. The maximum Gasteiger partial charge on any atom is 0.342 e. The molecule has 0 saturated heterocycles. The number of rotatable bonds is 5. The molecule has 0 radical (unpaired) electrons. The Morgan fingerprint density at radius 1 is 1.37 bits per heavy atom. The molecule has 0 aliphatic carbocycles. The van der Waals surface area contributed by atoms with E-state index in [-0.39, 0.29) is 17.3 Å². The van der Waals surface area contributed by atoms with Crippen molar-refractivity contribution < 1.29 is 14.8 Å². The lowest BCUT2D eigenvalue weighted by Gasteiger charge is -2.29. The van der Waals surface area contributed by atoms with Crippen LogP contribution in [0.5, 0.6) is 0 Å². The van der Waals surface area contributed by atoms with Gasteiger partial charge in [0, 0.05) is 24.8 Å². The van der Waals surface area contributed by atoms with Gasteiger partial charge in [-0.2, -0.15) is 0 Å². The summed E-state index contributed by atoms with van der Waals surface area (Å²) in [4.78, 5) is 23.1. The van der Waals surface area contributed by atoms with Crippen LogP contribution in [0.15, 0.2) is 18.2 Å². The zero-order valence-electron chi connectivity index (χ0n) is 11.5. The predicted molar refractivity (Wildman–Crippen MR) is 72.8 cm³/mol. The molecule has 6 nitrogen and oxygen atoms in total. The van der Waals surface area contributed by atoms with E-state index in [1.54, 1.807) is 6.07 Å². The molecule has 6 heteroatoms. The Bertz CT molecular complexity index is 499. The van der Waals surface area contributed by atoms with Crippen LogP contribution in [0.1, 0.15) is 31.1 Å². The molecule has 1 N–H and O–H groups in total. The van der Waals surface area contributed by atoms with Gasteiger partial charge in [-0.1, -0.05) is 13.8 Å². The van der Waals surface area contributed by atoms with Gasteiger partial charge in [0.1, 0.15) is 5.56 Å². The summed E-state index contributed by atoms with van der Waals surface area (Å²) in [7, 11) is 1.84. The van der Waals surface area contributed by atoms with Crippen molar-refractivity contribution in [3.8, 4) is 0 Å². The minimum Gasteiger partial charge on any atom is -0.477 e. The average Bonchev–Trinajstić information content (AvgIpc) is 2.35. The first-order valence-corrected chi connectivity index (χ1v) is 6.00. The fourth-order valence-corrected chi connectivity index (χ4v) is 1.75. The molecule has 1 aromatic rings. The smallest absolute Gasteiger partial charge is 0.342 e. The molecule has 0 amide bonds. The molecule has 19 heavy (non-hydrogen) atoms. The Balaban J connectivity index is 3.22. The van der Waals surface area contributed by atoms with E-state index in [1.165, 1.54) is 12.1 Å². The number of benzene rings is 1. The van der Waals surface area contributed by atoms with Crippen molar-refractivity contribution in [3.63, 3.8) is 0 Å². The number of carbonyl (C=O) groups is 1. The highest BCUT2D eigenvalue weighted by Gasteiger charge is 2.22. The molecule has 0 fully saturated rings. The lowest BCUT2D eigenvalue weighted by molar-refractivity contribution is -0.385. The third-order valence-electron chi connectivity index (χ3n) is 3.39. The van der Waals surface area contributed by atoms with Crippen molar-refractivity contribution in [1.29, 1.82) is 0 Å². The highest BCUT2D eigenvalue weighted by atomic mass is 16.6. The number of nitro groups is 1. The van der Waals surface area contributed by atoms with E-state index in [0.717, 1.165) is 0 Å². The van der Waals surface area contributed by atoms with E-state index in [2.05, 4.69) is 13.8 Å². The number of aromatic carboxylic acids is 1. The number of anilines is 1. The monoisotopic (exact) mass is 266 g/mol. The second-order valence-electron chi connectivity index (χ2n) is 4.86. The van der Waals surface area contributed by atoms with E-state index in [0.29, 0.717) is 11.6 Å². The van der Waals surface area contributed by atoms with Gasteiger partial charge in [0.25, 0.3) is 5.69 Å². The average molecular weight is 266 g/mol. The lowest BCUT2D eigenvalue weighted by atomic mass is 10.0. The number of carboxylic acids is 1. The fourth-order valence-electron chi connectivity index (χ4n) is 1.75. The standard InChI is InChI=1S/C13H18N2O4/c1-8(2)9(3)14(4)10-5-6-11(13(16)17)12(7-10)15(18)19/h5-9H,1-4H3,(H,16,17). The molecular weight excluding hydrogens is 248 g/mol. The zero-order valence-corrected chi connectivity index (χ0v) is 11.5. The van der Waals surface area contributed by atoms with Crippen molar-refractivity contribution >= 4 is 17.3 Å².